The van der Waals surface area contributed by atoms with Crippen molar-refractivity contribution < 1.29 is 17.6 Å². The third-order valence-electron chi connectivity index (χ3n) is 5.31. The molecule has 3 aromatic carbocycles. The highest BCUT2D eigenvalue weighted by Gasteiger charge is 2.37. The van der Waals surface area contributed by atoms with E-state index in [1.807, 2.05) is 12.1 Å². The van der Waals surface area contributed by atoms with Gasteiger partial charge in [0.15, 0.2) is 0 Å². The summed E-state index contributed by atoms with van der Waals surface area (Å²) in [5, 5.41) is 4.36. The zero-order valence-electron chi connectivity index (χ0n) is 15.3. The number of rotatable bonds is 3. The van der Waals surface area contributed by atoms with Gasteiger partial charge in [0, 0.05) is 16.0 Å². The van der Waals surface area contributed by atoms with Crippen molar-refractivity contribution in [2.24, 2.45) is 0 Å². The van der Waals surface area contributed by atoms with Crippen LogP contribution in [0.4, 0.5) is 10.1 Å². The molecule has 1 N–H and O–H groups in total. The van der Waals surface area contributed by atoms with E-state index in [1.54, 1.807) is 42.1 Å². The predicted molar refractivity (Wildman–Crippen MR) is 111 cm³/mol. The average molecular weight is 429 g/mol. The second-order valence-corrected chi connectivity index (χ2v) is 10.0. The molecule has 29 heavy (non-hydrogen) atoms. The molecule has 0 radical (unpaired) electrons. The summed E-state index contributed by atoms with van der Waals surface area (Å²) in [6.45, 7) is -0.315. The molecule has 0 saturated heterocycles. The van der Waals surface area contributed by atoms with Gasteiger partial charge in [0.05, 0.1) is 16.6 Å². The average Bonchev–Trinajstić information content (AvgIpc) is 2.92. The summed E-state index contributed by atoms with van der Waals surface area (Å²) in [7, 11) is -3.79. The molecular formula is C21H17FN2O3S2. The van der Waals surface area contributed by atoms with Crippen LogP contribution in [0, 0.1) is 5.82 Å². The summed E-state index contributed by atoms with van der Waals surface area (Å²) >= 11 is 1.62. The summed E-state index contributed by atoms with van der Waals surface area (Å²) in [5.74, 6) is 0.0383. The van der Waals surface area contributed by atoms with E-state index >= 15 is 0 Å². The van der Waals surface area contributed by atoms with Crippen LogP contribution in [0.3, 0.4) is 0 Å². The highest BCUT2D eigenvalue weighted by molar-refractivity contribution is 7.99. The number of carbonyl (C=O) groups excluding carboxylic acids is 1. The topological polar surface area (TPSA) is 66.5 Å². The maximum Gasteiger partial charge on any atom is 0.265 e. The van der Waals surface area contributed by atoms with Crippen LogP contribution in [0.1, 0.15) is 18.0 Å². The second-order valence-electron chi connectivity index (χ2n) is 7.08. The zero-order chi connectivity index (χ0) is 20.2. The highest BCUT2D eigenvalue weighted by atomic mass is 32.2. The number of nitrogens with zero attached hydrogens (tertiary/aromatic N) is 1. The van der Waals surface area contributed by atoms with Gasteiger partial charge in [-0.25, -0.2) is 12.8 Å². The fourth-order valence-electron chi connectivity index (χ4n) is 4.01. The quantitative estimate of drug-likeness (QED) is 0.688. The minimum Gasteiger partial charge on any atom is -0.348 e. The van der Waals surface area contributed by atoms with E-state index in [4.69, 9.17) is 0 Å². The molecule has 1 amide bonds. The van der Waals surface area contributed by atoms with Crippen molar-refractivity contribution in [2.75, 3.05) is 16.6 Å². The fourth-order valence-corrected chi connectivity index (χ4v) is 6.79. The van der Waals surface area contributed by atoms with E-state index in [0.29, 0.717) is 17.5 Å². The van der Waals surface area contributed by atoms with Crippen molar-refractivity contribution in [3.05, 3.63) is 66.0 Å². The number of hydrogen-bond acceptors (Lipinski definition) is 4. The Morgan fingerprint density at radius 3 is 2.79 bits per heavy atom. The molecule has 0 aliphatic carbocycles. The fraction of sp³-hybridized carbons (Fsp3) is 0.190. The maximum absolute atomic E-state index is 13.7. The van der Waals surface area contributed by atoms with E-state index in [-0.39, 0.29) is 23.3 Å². The molecular weight excluding hydrogens is 411 g/mol. The molecule has 0 aromatic heterocycles. The lowest BCUT2D eigenvalue weighted by molar-refractivity contribution is -0.120. The van der Waals surface area contributed by atoms with Gasteiger partial charge in [-0.2, -0.15) is 0 Å². The first-order chi connectivity index (χ1) is 13.9. The zero-order valence-corrected chi connectivity index (χ0v) is 16.9. The van der Waals surface area contributed by atoms with Gasteiger partial charge in [0.1, 0.15) is 12.4 Å². The predicted octanol–water partition coefficient (Wildman–Crippen LogP) is 3.84. The minimum atomic E-state index is -3.79. The van der Waals surface area contributed by atoms with Gasteiger partial charge in [-0.1, -0.05) is 24.3 Å². The highest BCUT2D eigenvalue weighted by Crippen LogP contribution is 2.42. The number of anilines is 1. The van der Waals surface area contributed by atoms with Gasteiger partial charge in [-0.05, 0) is 47.7 Å². The van der Waals surface area contributed by atoms with Crippen molar-refractivity contribution in [1.29, 1.82) is 0 Å². The van der Waals surface area contributed by atoms with E-state index in [0.717, 1.165) is 25.9 Å². The summed E-state index contributed by atoms with van der Waals surface area (Å²) < 4.78 is 40.9. The Labute approximate surface area is 172 Å². The first-order valence-electron chi connectivity index (χ1n) is 9.21. The molecule has 8 heteroatoms. The standard InChI is InChI=1S/C21H17FN2O3S2/c22-14-7-8-18-15(11-14)16(9-10-28-18)23-20(25)12-24-17-5-1-3-13-4-2-6-19(21(13)17)29(24,26)27/h1-8,11,16H,9-10,12H2,(H,23,25)/t16-/m1/s1. The lowest BCUT2D eigenvalue weighted by atomic mass is 10.0. The first kappa shape index (κ1) is 18.4. The number of carbonyl (C=O) groups is 1. The normalized spacial score (nSPS) is 19.2. The molecule has 1 atom stereocenters. The van der Waals surface area contributed by atoms with Crippen molar-refractivity contribution in [3.63, 3.8) is 0 Å². The number of amides is 1. The molecule has 0 saturated carbocycles. The Morgan fingerprint density at radius 2 is 1.97 bits per heavy atom. The van der Waals surface area contributed by atoms with Crippen LogP contribution < -0.4 is 9.62 Å². The van der Waals surface area contributed by atoms with Crippen LogP contribution in [0.15, 0.2) is 64.4 Å². The van der Waals surface area contributed by atoms with Crippen LogP contribution in [0.2, 0.25) is 0 Å². The van der Waals surface area contributed by atoms with E-state index in [9.17, 15) is 17.6 Å². The lowest BCUT2D eigenvalue weighted by Gasteiger charge is -2.27. The van der Waals surface area contributed by atoms with Gasteiger partial charge in [-0.15, -0.1) is 11.8 Å². The van der Waals surface area contributed by atoms with Crippen molar-refractivity contribution in [3.8, 4) is 0 Å². The Hall–Kier alpha value is -2.58. The molecule has 2 aliphatic rings. The van der Waals surface area contributed by atoms with Crippen LogP contribution >= 0.6 is 11.8 Å². The summed E-state index contributed by atoms with van der Waals surface area (Å²) in [5.41, 5.74) is 1.25. The van der Waals surface area contributed by atoms with Crippen LogP contribution in [0.5, 0.6) is 0 Å². The summed E-state index contributed by atoms with van der Waals surface area (Å²) in [4.78, 5) is 14.0. The molecule has 3 aromatic rings. The Balaban J connectivity index is 1.43. The molecule has 0 fully saturated rings. The summed E-state index contributed by atoms with van der Waals surface area (Å²) in [6, 6.07) is 14.7. The number of sulfonamides is 1. The Morgan fingerprint density at radius 1 is 1.17 bits per heavy atom. The number of thioether (sulfide) groups is 1. The Bertz CT molecular complexity index is 1250. The largest absolute Gasteiger partial charge is 0.348 e. The minimum absolute atomic E-state index is 0.222. The second kappa shape index (κ2) is 6.74. The van der Waals surface area contributed by atoms with Gasteiger partial charge >= 0.3 is 0 Å². The SMILES string of the molecule is O=C(CN1c2cccc3cccc(c23)S1(=O)=O)N[C@@H]1CCSc2ccc(F)cc21. The van der Waals surface area contributed by atoms with E-state index in [1.165, 1.54) is 12.1 Å². The van der Waals surface area contributed by atoms with Crippen LogP contribution in [-0.2, 0) is 14.8 Å². The van der Waals surface area contributed by atoms with E-state index in [2.05, 4.69) is 5.32 Å². The van der Waals surface area contributed by atoms with Crippen LogP contribution in [0.25, 0.3) is 10.8 Å². The lowest BCUT2D eigenvalue weighted by Crippen LogP contribution is -2.41. The maximum atomic E-state index is 13.7. The molecule has 2 heterocycles. The number of hydrogen-bond donors (Lipinski definition) is 1. The van der Waals surface area contributed by atoms with Crippen LogP contribution in [-0.4, -0.2) is 26.6 Å². The molecule has 2 aliphatic heterocycles. The third-order valence-corrected chi connectivity index (χ3v) is 8.24. The van der Waals surface area contributed by atoms with Crippen molar-refractivity contribution >= 4 is 44.2 Å². The van der Waals surface area contributed by atoms with E-state index < -0.39 is 15.9 Å². The monoisotopic (exact) mass is 428 g/mol. The van der Waals surface area contributed by atoms with Crippen molar-refractivity contribution in [2.45, 2.75) is 22.3 Å². The van der Waals surface area contributed by atoms with Gasteiger partial charge in [0.2, 0.25) is 5.91 Å². The molecule has 5 rings (SSSR count). The molecule has 0 spiro atoms. The van der Waals surface area contributed by atoms with Crippen molar-refractivity contribution in [1.82, 2.24) is 5.32 Å². The molecule has 5 nitrogen and oxygen atoms in total. The first-order valence-corrected chi connectivity index (χ1v) is 11.6. The van der Waals surface area contributed by atoms with Gasteiger partial charge in [0.25, 0.3) is 10.0 Å². The number of halogens is 1. The number of benzene rings is 3. The number of nitrogens with one attached hydrogen (secondary N) is 1. The van der Waals surface area contributed by atoms with Gasteiger partial charge < -0.3 is 5.32 Å². The Kier molecular flexibility index (Phi) is 4.29. The molecule has 0 unspecified atom stereocenters. The number of fused-ring (bicyclic) bond motifs is 1. The smallest absolute Gasteiger partial charge is 0.265 e. The third kappa shape index (κ3) is 2.98. The van der Waals surface area contributed by atoms with Gasteiger partial charge in [-0.3, -0.25) is 9.10 Å². The molecule has 148 valence electrons. The molecule has 0 bridgehead atoms. The summed E-state index contributed by atoms with van der Waals surface area (Å²) in [6.07, 6.45) is 0.662.